The monoisotopic (exact) mass is 545 g/mol. The predicted octanol–water partition coefficient (Wildman–Crippen LogP) is 9.47. The Kier molecular flexibility index (Phi) is 5.76. The molecule has 1 aromatic heterocycles. The normalized spacial score (nSPS) is 23.4. The molecule has 0 bridgehead atoms. The highest BCUT2D eigenvalue weighted by molar-refractivity contribution is 6.03. The van der Waals surface area contributed by atoms with Gasteiger partial charge in [-0.2, -0.15) is 5.26 Å². The topological polar surface area (TPSA) is 41.1 Å². The third kappa shape index (κ3) is 3.75. The molecule has 0 fully saturated rings. The van der Waals surface area contributed by atoms with Crippen molar-refractivity contribution in [2.45, 2.75) is 57.8 Å². The number of allylic oxidation sites excluding steroid dienone is 10. The lowest BCUT2D eigenvalue weighted by Crippen LogP contribution is -2.15. The number of nitriles is 1. The number of hydrogen-bond donors (Lipinski definition) is 0. The molecule has 2 heterocycles. The summed E-state index contributed by atoms with van der Waals surface area (Å²) in [5.74, 6) is 0.149. The highest BCUT2D eigenvalue weighted by Crippen LogP contribution is 2.53. The molecule has 3 aromatic rings. The second kappa shape index (κ2) is 9.57. The summed E-state index contributed by atoms with van der Waals surface area (Å²) in [7, 11) is 0. The van der Waals surface area contributed by atoms with Gasteiger partial charge < -0.3 is 4.57 Å². The van der Waals surface area contributed by atoms with Crippen molar-refractivity contribution in [3.8, 4) is 17.2 Å². The van der Waals surface area contributed by atoms with Crippen molar-refractivity contribution in [3.63, 3.8) is 0 Å². The Morgan fingerprint density at radius 2 is 1.83 bits per heavy atom. The molecule has 3 heteroatoms. The molecule has 2 atom stereocenters. The molecule has 3 nitrogen and oxygen atoms in total. The van der Waals surface area contributed by atoms with Crippen LogP contribution in [0, 0.1) is 23.2 Å². The first-order valence-corrected chi connectivity index (χ1v) is 15.5. The van der Waals surface area contributed by atoms with E-state index in [4.69, 9.17) is 0 Å². The number of aliphatic imine (C=N–C) groups is 1. The van der Waals surface area contributed by atoms with Gasteiger partial charge in [-0.25, -0.2) is 0 Å². The van der Waals surface area contributed by atoms with Gasteiger partial charge in [-0.05, 0) is 83.7 Å². The summed E-state index contributed by atoms with van der Waals surface area (Å²) >= 11 is 0. The molecule has 5 aliphatic rings. The lowest BCUT2D eigenvalue weighted by molar-refractivity contribution is 0.666. The van der Waals surface area contributed by atoms with Gasteiger partial charge in [0.05, 0.1) is 17.5 Å². The Labute approximate surface area is 248 Å². The Morgan fingerprint density at radius 3 is 2.74 bits per heavy atom. The average Bonchev–Trinajstić information content (AvgIpc) is 3.50. The van der Waals surface area contributed by atoms with Crippen LogP contribution in [0.25, 0.3) is 33.8 Å². The van der Waals surface area contributed by atoms with Gasteiger partial charge in [-0.1, -0.05) is 80.6 Å². The summed E-state index contributed by atoms with van der Waals surface area (Å²) in [6.07, 6.45) is 26.3. The fourth-order valence-corrected chi connectivity index (χ4v) is 7.95. The quantitative estimate of drug-likeness (QED) is 0.323. The Morgan fingerprint density at radius 1 is 0.929 bits per heavy atom. The smallest absolute Gasteiger partial charge is 0.0713 e. The van der Waals surface area contributed by atoms with Crippen molar-refractivity contribution >= 4 is 28.9 Å². The van der Waals surface area contributed by atoms with Gasteiger partial charge in [0, 0.05) is 52.0 Å². The first-order chi connectivity index (χ1) is 20.5. The summed E-state index contributed by atoms with van der Waals surface area (Å²) in [5, 5.41) is 10.9. The number of rotatable bonds is 3. The van der Waals surface area contributed by atoms with E-state index >= 15 is 0 Å². The fourth-order valence-electron chi connectivity index (χ4n) is 7.95. The Hall–Kier alpha value is -4.42. The Balaban J connectivity index is 1.25. The molecule has 8 rings (SSSR count). The van der Waals surface area contributed by atoms with Gasteiger partial charge in [0.25, 0.3) is 0 Å². The number of hydrogen-bond acceptors (Lipinski definition) is 2. The van der Waals surface area contributed by atoms with Crippen LogP contribution < -0.4 is 0 Å². The van der Waals surface area contributed by atoms with Crippen molar-refractivity contribution in [2.75, 3.05) is 0 Å². The maximum atomic E-state index is 9.46. The summed E-state index contributed by atoms with van der Waals surface area (Å²) in [6, 6.07) is 16.1. The molecule has 42 heavy (non-hydrogen) atoms. The largest absolute Gasteiger partial charge is 0.317 e. The molecule has 0 radical (unpaired) electrons. The van der Waals surface area contributed by atoms with Gasteiger partial charge in [-0.3, -0.25) is 4.99 Å². The molecule has 0 saturated heterocycles. The molecule has 0 amide bonds. The van der Waals surface area contributed by atoms with Crippen LogP contribution in [0.15, 0.2) is 101 Å². The van der Waals surface area contributed by atoms with E-state index in [-0.39, 0.29) is 17.3 Å². The van der Waals surface area contributed by atoms with Crippen LogP contribution >= 0.6 is 0 Å². The SMILES string of the molecule is CC1(C)c2ccccc2-c2ccc3c(c4c(n3C3=CC(C5=CC(C6=CC(C#N)CC=N6)CC=C5)=CCC3)CCC=C4)c21. The minimum Gasteiger partial charge on any atom is -0.317 e. The molecular formula is C39H35N3. The average molecular weight is 546 g/mol. The maximum Gasteiger partial charge on any atom is 0.0713 e. The zero-order valence-electron chi connectivity index (χ0n) is 24.4. The molecular weight excluding hydrogens is 510 g/mol. The summed E-state index contributed by atoms with van der Waals surface area (Å²) in [5.41, 5.74) is 14.8. The maximum absolute atomic E-state index is 9.46. The second-order valence-corrected chi connectivity index (χ2v) is 12.8. The summed E-state index contributed by atoms with van der Waals surface area (Å²) < 4.78 is 2.61. The van der Waals surface area contributed by atoms with Gasteiger partial charge in [0.1, 0.15) is 0 Å². The van der Waals surface area contributed by atoms with E-state index in [1.807, 2.05) is 6.21 Å². The molecule has 0 N–H and O–H groups in total. The highest BCUT2D eigenvalue weighted by Gasteiger charge is 2.38. The van der Waals surface area contributed by atoms with E-state index in [9.17, 15) is 5.26 Å². The molecule has 1 aliphatic heterocycles. The molecule has 0 saturated carbocycles. The third-order valence-corrected chi connectivity index (χ3v) is 9.92. The number of aromatic nitrogens is 1. The minimum atomic E-state index is -0.0675. The van der Waals surface area contributed by atoms with Crippen LogP contribution in [0.1, 0.15) is 68.3 Å². The van der Waals surface area contributed by atoms with E-state index in [0.717, 1.165) is 37.8 Å². The van der Waals surface area contributed by atoms with Gasteiger partial charge in [0.2, 0.25) is 0 Å². The number of benzene rings is 2. The highest BCUT2D eigenvalue weighted by atomic mass is 15.0. The van der Waals surface area contributed by atoms with Crippen LogP contribution in [-0.2, 0) is 11.8 Å². The standard InChI is InChI=1S/C39H35N3/c1-39(2)33-15-5-3-13-30(33)31-17-18-36-37(38(31)39)32-14-4-6-16-35(32)42(36)29-12-8-10-27(23-29)26-9-7-11-28(22-26)34-21-25(24-40)19-20-41-34/h3-5,7,9-10,13-15,17-18,20-23,25,28H,6,8,11-12,16,19H2,1-2H3. The van der Waals surface area contributed by atoms with E-state index in [1.165, 1.54) is 61.3 Å². The minimum absolute atomic E-state index is 0.0454. The Bertz CT molecular complexity index is 1920. The van der Waals surface area contributed by atoms with Crippen molar-refractivity contribution < 1.29 is 0 Å². The third-order valence-electron chi connectivity index (χ3n) is 9.92. The second-order valence-electron chi connectivity index (χ2n) is 12.8. The molecule has 206 valence electrons. The van der Waals surface area contributed by atoms with E-state index in [1.54, 1.807) is 0 Å². The fraction of sp³-hybridized carbons (Fsp3) is 0.282. The first-order valence-electron chi connectivity index (χ1n) is 15.5. The molecule has 0 spiro atoms. The van der Waals surface area contributed by atoms with Crippen LogP contribution in [0.3, 0.4) is 0 Å². The van der Waals surface area contributed by atoms with Crippen LogP contribution in [-0.4, -0.2) is 10.8 Å². The molecule has 4 aliphatic carbocycles. The van der Waals surface area contributed by atoms with Crippen molar-refractivity contribution in [1.82, 2.24) is 4.57 Å². The van der Waals surface area contributed by atoms with Gasteiger partial charge >= 0.3 is 0 Å². The van der Waals surface area contributed by atoms with Crippen molar-refractivity contribution in [1.29, 1.82) is 5.26 Å². The van der Waals surface area contributed by atoms with Gasteiger partial charge in [-0.15, -0.1) is 0 Å². The lowest BCUT2D eigenvalue weighted by atomic mass is 9.80. The predicted molar refractivity (Wildman–Crippen MR) is 174 cm³/mol. The van der Waals surface area contributed by atoms with E-state index in [2.05, 4.69) is 114 Å². The van der Waals surface area contributed by atoms with Crippen LogP contribution in [0.4, 0.5) is 0 Å². The summed E-state index contributed by atoms with van der Waals surface area (Å²) in [4.78, 5) is 4.69. The zero-order valence-corrected chi connectivity index (χ0v) is 24.4. The molecule has 2 aromatic carbocycles. The first kappa shape index (κ1) is 25.3. The number of nitrogens with zero attached hydrogens (tertiary/aromatic N) is 3. The number of fused-ring (bicyclic) bond motifs is 7. The van der Waals surface area contributed by atoms with Crippen molar-refractivity contribution in [2.24, 2.45) is 16.8 Å². The van der Waals surface area contributed by atoms with Crippen LogP contribution in [0.5, 0.6) is 0 Å². The van der Waals surface area contributed by atoms with E-state index < -0.39 is 0 Å². The summed E-state index contributed by atoms with van der Waals surface area (Å²) in [6.45, 7) is 4.80. The van der Waals surface area contributed by atoms with E-state index in [0.29, 0.717) is 6.42 Å². The van der Waals surface area contributed by atoms with Crippen LogP contribution in [0.2, 0.25) is 0 Å². The van der Waals surface area contributed by atoms with Gasteiger partial charge in [0.15, 0.2) is 0 Å². The lowest BCUT2D eigenvalue weighted by Gasteiger charge is -2.24. The zero-order chi connectivity index (χ0) is 28.4. The van der Waals surface area contributed by atoms with Crippen molar-refractivity contribution in [3.05, 3.63) is 118 Å². The molecule has 2 unspecified atom stereocenters.